The zero-order chi connectivity index (χ0) is 18.3. The second kappa shape index (κ2) is 8.99. The Kier molecular flexibility index (Phi) is 6.99. The molecule has 6 heteroatoms. The third kappa shape index (κ3) is 7.69. The van der Waals surface area contributed by atoms with E-state index in [2.05, 4.69) is 18.9 Å². The summed E-state index contributed by atoms with van der Waals surface area (Å²) >= 11 is 0. The van der Waals surface area contributed by atoms with Crippen molar-refractivity contribution in [3.05, 3.63) is 65.2 Å². The molecule has 0 amide bonds. The molecule has 2 aromatic rings. The van der Waals surface area contributed by atoms with Gasteiger partial charge in [-0.15, -0.1) is 0 Å². The van der Waals surface area contributed by atoms with Crippen LogP contribution in [0.15, 0.2) is 48.5 Å². The van der Waals surface area contributed by atoms with E-state index in [1.165, 1.54) is 11.1 Å². The van der Waals surface area contributed by atoms with Gasteiger partial charge in [-0.25, -0.2) is 8.99 Å². The SMILES string of the molecule is Cc1ccc(OCCN(C)CCc2ccc(CS(=N)(=O)O)cc2)cc1. The first kappa shape index (κ1) is 19.4. The molecule has 0 spiro atoms. The van der Waals surface area contributed by atoms with Crippen LogP contribution < -0.4 is 4.74 Å². The largest absolute Gasteiger partial charge is 0.492 e. The lowest BCUT2D eigenvalue weighted by Gasteiger charge is -2.17. The van der Waals surface area contributed by atoms with Crippen LogP contribution in [0.1, 0.15) is 16.7 Å². The predicted molar refractivity (Wildman–Crippen MR) is 102 cm³/mol. The molecule has 136 valence electrons. The van der Waals surface area contributed by atoms with Crippen LogP contribution in [-0.2, 0) is 22.2 Å². The maximum atomic E-state index is 11.1. The fourth-order valence-electron chi connectivity index (χ4n) is 2.41. The topological polar surface area (TPSA) is 73.6 Å². The molecule has 0 bridgehead atoms. The average molecular weight is 362 g/mol. The second-order valence-electron chi connectivity index (χ2n) is 6.32. The molecular weight excluding hydrogens is 336 g/mol. The van der Waals surface area contributed by atoms with E-state index in [9.17, 15) is 4.21 Å². The summed E-state index contributed by atoms with van der Waals surface area (Å²) in [5.41, 5.74) is 3.11. The van der Waals surface area contributed by atoms with Gasteiger partial charge in [0, 0.05) is 13.1 Å². The molecule has 2 rings (SSSR count). The van der Waals surface area contributed by atoms with Gasteiger partial charge in [-0.2, -0.15) is 0 Å². The lowest BCUT2D eigenvalue weighted by molar-refractivity contribution is 0.239. The minimum atomic E-state index is -3.47. The van der Waals surface area contributed by atoms with Crippen molar-refractivity contribution in [3.63, 3.8) is 0 Å². The van der Waals surface area contributed by atoms with Gasteiger partial charge >= 0.3 is 0 Å². The highest BCUT2D eigenvalue weighted by atomic mass is 32.2. The lowest BCUT2D eigenvalue weighted by Crippen LogP contribution is -2.26. The maximum Gasteiger partial charge on any atom is 0.162 e. The summed E-state index contributed by atoms with van der Waals surface area (Å²) in [6, 6.07) is 15.6. The molecule has 0 heterocycles. The number of likely N-dealkylation sites (N-methyl/N-ethyl adjacent to an activating group) is 1. The van der Waals surface area contributed by atoms with E-state index in [1.54, 1.807) is 0 Å². The van der Waals surface area contributed by atoms with Crippen LogP contribution in [0.3, 0.4) is 0 Å². The molecule has 0 aliphatic rings. The van der Waals surface area contributed by atoms with Crippen LogP contribution in [0.2, 0.25) is 0 Å². The molecule has 1 atom stereocenters. The van der Waals surface area contributed by atoms with Crippen LogP contribution >= 0.6 is 0 Å². The molecule has 0 saturated heterocycles. The number of hydrogen-bond donors (Lipinski definition) is 2. The van der Waals surface area contributed by atoms with Gasteiger partial charge in [0.15, 0.2) is 10.0 Å². The van der Waals surface area contributed by atoms with Crippen molar-refractivity contribution in [1.29, 1.82) is 4.78 Å². The van der Waals surface area contributed by atoms with Gasteiger partial charge in [0.1, 0.15) is 12.4 Å². The van der Waals surface area contributed by atoms with Gasteiger partial charge < -0.3 is 14.2 Å². The molecule has 0 fully saturated rings. The first-order valence-electron chi connectivity index (χ1n) is 8.26. The van der Waals surface area contributed by atoms with Crippen molar-refractivity contribution in [3.8, 4) is 5.75 Å². The second-order valence-corrected chi connectivity index (χ2v) is 7.89. The Morgan fingerprint density at radius 1 is 1.04 bits per heavy atom. The summed E-state index contributed by atoms with van der Waals surface area (Å²) < 4.78 is 32.9. The zero-order valence-corrected chi connectivity index (χ0v) is 15.6. The Labute approximate surface area is 150 Å². The number of ether oxygens (including phenoxy) is 1. The van der Waals surface area contributed by atoms with Gasteiger partial charge in [-0.05, 0) is 43.7 Å². The van der Waals surface area contributed by atoms with Gasteiger partial charge in [-0.3, -0.25) is 0 Å². The standard InChI is InChI=1S/C19H26N2O3S/c1-16-3-9-19(10-4-16)24-14-13-21(2)12-11-17-5-7-18(8-6-17)15-25(20,22)23/h3-10H,11-15H2,1-2H3,(H2,20,22,23). The van der Waals surface area contributed by atoms with Crippen molar-refractivity contribution < 1.29 is 13.5 Å². The van der Waals surface area contributed by atoms with Gasteiger partial charge in [0.2, 0.25) is 0 Å². The number of aryl methyl sites for hydroxylation is 1. The fourth-order valence-corrected chi connectivity index (χ4v) is 3.06. The van der Waals surface area contributed by atoms with E-state index in [0.717, 1.165) is 25.3 Å². The summed E-state index contributed by atoms with van der Waals surface area (Å²) in [7, 11) is -1.41. The summed E-state index contributed by atoms with van der Waals surface area (Å²) in [5, 5.41) is 0. The average Bonchev–Trinajstić information content (AvgIpc) is 2.55. The van der Waals surface area contributed by atoms with Gasteiger partial charge in [-0.1, -0.05) is 42.0 Å². The third-order valence-electron chi connectivity index (χ3n) is 3.93. The Morgan fingerprint density at radius 2 is 1.64 bits per heavy atom. The highest BCUT2D eigenvalue weighted by Crippen LogP contribution is 2.11. The van der Waals surface area contributed by atoms with Crippen molar-refractivity contribution in [2.45, 2.75) is 19.1 Å². The van der Waals surface area contributed by atoms with E-state index in [4.69, 9.17) is 14.1 Å². The molecular formula is C19H26N2O3S. The molecule has 0 aliphatic heterocycles. The number of rotatable bonds is 9. The van der Waals surface area contributed by atoms with Gasteiger partial charge in [0.05, 0.1) is 5.75 Å². The Bertz CT molecular complexity index is 756. The summed E-state index contributed by atoms with van der Waals surface area (Å²) in [6.45, 7) is 4.45. The van der Waals surface area contributed by atoms with E-state index < -0.39 is 10.0 Å². The lowest BCUT2D eigenvalue weighted by atomic mass is 10.1. The third-order valence-corrected chi connectivity index (χ3v) is 4.65. The number of nitrogens with one attached hydrogen (secondary N) is 1. The minimum absolute atomic E-state index is 0.121. The van der Waals surface area contributed by atoms with E-state index in [-0.39, 0.29) is 5.75 Å². The molecule has 25 heavy (non-hydrogen) atoms. The molecule has 0 radical (unpaired) electrons. The normalized spacial score (nSPS) is 13.6. The Balaban J connectivity index is 1.70. The van der Waals surface area contributed by atoms with Crippen molar-refractivity contribution in [1.82, 2.24) is 4.90 Å². The molecule has 0 saturated carbocycles. The maximum absolute atomic E-state index is 11.1. The molecule has 0 aromatic heterocycles. The zero-order valence-electron chi connectivity index (χ0n) is 14.8. The van der Waals surface area contributed by atoms with Crippen molar-refractivity contribution in [2.24, 2.45) is 0 Å². The first-order chi connectivity index (χ1) is 11.8. The highest BCUT2D eigenvalue weighted by Gasteiger charge is 2.04. The van der Waals surface area contributed by atoms with Crippen LogP contribution in [0.25, 0.3) is 0 Å². The van der Waals surface area contributed by atoms with Gasteiger partial charge in [0.25, 0.3) is 0 Å². The summed E-state index contributed by atoms with van der Waals surface area (Å²) in [4.78, 5) is 2.21. The van der Waals surface area contributed by atoms with Crippen LogP contribution in [0.5, 0.6) is 5.75 Å². The monoisotopic (exact) mass is 362 g/mol. The number of hydrogen-bond acceptors (Lipinski definition) is 4. The summed E-state index contributed by atoms with van der Waals surface area (Å²) in [5.74, 6) is 0.772. The van der Waals surface area contributed by atoms with E-state index in [1.807, 2.05) is 48.5 Å². The van der Waals surface area contributed by atoms with E-state index in [0.29, 0.717) is 12.2 Å². The molecule has 1 unspecified atom stereocenters. The fraction of sp³-hybridized carbons (Fsp3) is 0.368. The Morgan fingerprint density at radius 3 is 2.24 bits per heavy atom. The quantitative estimate of drug-likeness (QED) is 0.715. The molecule has 2 N–H and O–H groups in total. The molecule has 0 aliphatic carbocycles. The smallest absolute Gasteiger partial charge is 0.162 e. The number of nitrogens with zero attached hydrogens (tertiary/aromatic N) is 1. The van der Waals surface area contributed by atoms with Crippen LogP contribution in [0, 0.1) is 11.7 Å². The van der Waals surface area contributed by atoms with Crippen LogP contribution in [-0.4, -0.2) is 40.4 Å². The number of benzene rings is 2. The highest BCUT2D eigenvalue weighted by molar-refractivity contribution is 7.86. The summed E-state index contributed by atoms with van der Waals surface area (Å²) in [6.07, 6.45) is 0.899. The van der Waals surface area contributed by atoms with E-state index >= 15 is 0 Å². The molecule has 2 aromatic carbocycles. The predicted octanol–water partition coefficient (Wildman–Crippen LogP) is 3.57. The minimum Gasteiger partial charge on any atom is -0.492 e. The Hall–Kier alpha value is -1.89. The van der Waals surface area contributed by atoms with Crippen LogP contribution in [0.4, 0.5) is 0 Å². The van der Waals surface area contributed by atoms with Crippen molar-refractivity contribution in [2.75, 3.05) is 26.7 Å². The first-order valence-corrected chi connectivity index (χ1v) is 9.95. The van der Waals surface area contributed by atoms with Crippen molar-refractivity contribution >= 4 is 10.0 Å². The molecule has 5 nitrogen and oxygen atoms in total.